The molecule has 0 aliphatic rings. The lowest BCUT2D eigenvalue weighted by Crippen LogP contribution is -2.19. The van der Waals surface area contributed by atoms with Gasteiger partial charge >= 0.3 is 0 Å². The van der Waals surface area contributed by atoms with Crippen LogP contribution in [0, 0.1) is 6.92 Å². The minimum Gasteiger partial charge on any atom is -0.497 e. The van der Waals surface area contributed by atoms with Gasteiger partial charge in [-0.25, -0.2) is 0 Å². The second kappa shape index (κ2) is 7.36. The average Bonchev–Trinajstić information content (AvgIpc) is 2.62. The minimum absolute atomic E-state index is 0.272. The van der Waals surface area contributed by atoms with Crippen molar-refractivity contribution in [3.8, 4) is 5.75 Å². The first-order valence-electron chi connectivity index (χ1n) is 7.68. The molecule has 0 amide bonds. The van der Waals surface area contributed by atoms with E-state index in [-0.39, 0.29) is 11.5 Å². The van der Waals surface area contributed by atoms with Gasteiger partial charge in [-0.1, -0.05) is 29.8 Å². The van der Waals surface area contributed by atoms with E-state index in [0.717, 1.165) is 22.6 Å². The number of halogens is 1. The molecule has 0 saturated carbocycles. The molecule has 0 saturated heterocycles. The highest BCUT2D eigenvalue weighted by Gasteiger charge is 2.08. The SMILES string of the molecule is COc1ccc(Cc2nnc(Nc3cccc(Cl)c3C)[nH]c2=O)cc1. The van der Waals surface area contributed by atoms with Crippen LogP contribution in [0.15, 0.2) is 47.3 Å². The van der Waals surface area contributed by atoms with Crippen molar-refractivity contribution < 1.29 is 4.74 Å². The van der Waals surface area contributed by atoms with E-state index in [0.29, 0.717) is 17.1 Å². The maximum absolute atomic E-state index is 12.3. The van der Waals surface area contributed by atoms with Crippen molar-refractivity contribution in [1.82, 2.24) is 15.2 Å². The van der Waals surface area contributed by atoms with Gasteiger partial charge in [0.2, 0.25) is 5.95 Å². The van der Waals surface area contributed by atoms with Gasteiger partial charge in [-0.3, -0.25) is 9.78 Å². The van der Waals surface area contributed by atoms with Crippen molar-refractivity contribution in [1.29, 1.82) is 0 Å². The number of aromatic amines is 1. The summed E-state index contributed by atoms with van der Waals surface area (Å²) in [6.45, 7) is 1.88. The smallest absolute Gasteiger partial charge is 0.274 e. The van der Waals surface area contributed by atoms with Gasteiger partial charge in [0.05, 0.1) is 7.11 Å². The predicted octanol–water partition coefficient (Wildman–Crippen LogP) is 3.47. The van der Waals surface area contributed by atoms with Crippen LogP contribution in [0.5, 0.6) is 5.75 Å². The van der Waals surface area contributed by atoms with Crippen molar-refractivity contribution in [3.05, 3.63) is 74.7 Å². The Morgan fingerprint density at radius 1 is 1.16 bits per heavy atom. The highest BCUT2D eigenvalue weighted by Crippen LogP contribution is 2.24. The summed E-state index contributed by atoms with van der Waals surface area (Å²) < 4.78 is 5.12. The molecule has 0 aliphatic heterocycles. The summed E-state index contributed by atoms with van der Waals surface area (Å²) in [6, 6.07) is 12.9. The summed E-state index contributed by atoms with van der Waals surface area (Å²) in [7, 11) is 1.61. The lowest BCUT2D eigenvalue weighted by atomic mass is 10.1. The highest BCUT2D eigenvalue weighted by atomic mass is 35.5. The zero-order valence-electron chi connectivity index (χ0n) is 13.8. The van der Waals surface area contributed by atoms with Gasteiger partial charge in [-0.2, -0.15) is 0 Å². The number of hydrogen-bond donors (Lipinski definition) is 2. The van der Waals surface area contributed by atoms with Crippen molar-refractivity contribution >= 4 is 23.2 Å². The first kappa shape index (κ1) is 17.0. The largest absolute Gasteiger partial charge is 0.497 e. The number of methoxy groups -OCH3 is 1. The van der Waals surface area contributed by atoms with Gasteiger partial charge in [0.15, 0.2) is 0 Å². The van der Waals surface area contributed by atoms with Crippen molar-refractivity contribution in [2.75, 3.05) is 12.4 Å². The molecule has 2 aromatic carbocycles. The first-order valence-corrected chi connectivity index (χ1v) is 8.05. The normalized spacial score (nSPS) is 10.5. The first-order chi connectivity index (χ1) is 12.1. The molecule has 128 valence electrons. The Kier molecular flexibility index (Phi) is 5.00. The van der Waals surface area contributed by atoms with Crippen LogP contribution in [-0.4, -0.2) is 22.3 Å². The molecule has 0 aliphatic carbocycles. The Morgan fingerprint density at radius 2 is 1.92 bits per heavy atom. The van der Waals surface area contributed by atoms with E-state index in [2.05, 4.69) is 20.5 Å². The number of H-pyrrole nitrogens is 1. The number of ether oxygens (including phenoxy) is 1. The Labute approximate surface area is 149 Å². The lowest BCUT2D eigenvalue weighted by molar-refractivity contribution is 0.414. The predicted molar refractivity (Wildman–Crippen MR) is 97.9 cm³/mol. The quantitative estimate of drug-likeness (QED) is 0.731. The molecule has 0 radical (unpaired) electrons. The van der Waals surface area contributed by atoms with E-state index in [4.69, 9.17) is 16.3 Å². The molecule has 0 spiro atoms. The molecule has 1 aromatic heterocycles. The maximum Gasteiger partial charge on any atom is 0.274 e. The molecule has 7 heteroatoms. The minimum atomic E-state index is -0.284. The molecule has 0 bridgehead atoms. The highest BCUT2D eigenvalue weighted by molar-refractivity contribution is 6.31. The number of nitrogens with zero attached hydrogens (tertiary/aromatic N) is 2. The van der Waals surface area contributed by atoms with Crippen LogP contribution in [0.2, 0.25) is 5.02 Å². The van der Waals surface area contributed by atoms with Crippen LogP contribution in [-0.2, 0) is 6.42 Å². The van der Waals surface area contributed by atoms with Crippen LogP contribution in [0.25, 0.3) is 0 Å². The van der Waals surface area contributed by atoms with Crippen LogP contribution in [0.1, 0.15) is 16.8 Å². The molecule has 25 heavy (non-hydrogen) atoms. The molecule has 3 rings (SSSR count). The third-order valence-electron chi connectivity index (χ3n) is 3.82. The number of benzene rings is 2. The fourth-order valence-corrected chi connectivity index (χ4v) is 2.51. The summed E-state index contributed by atoms with van der Waals surface area (Å²) in [6.07, 6.45) is 0.392. The molecule has 0 fully saturated rings. The van der Waals surface area contributed by atoms with E-state index in [9.17, 15) is 4.79 Å². The zero-order valence-corrected chi connectivity index (χ0v) is 14.6. The Balaban J connectivity index is 1.78. The van der Waals surface area contributed by atoms with Gasteiger partial charge in [-0.05, 0) is 42.3 Å². The summed E-state index contributed by atoms with van der Waals surface area (Å²) in [5, 5.41) is 11.8. The third kappa shape index (κ3) is 3.97. The molecule has 0 atom stereocenters. The molecular formula is C18H17ClN4O2. The maximum atomic E-state index is 12.3. The fourth-order valence-electron chi connectivity index (χ4n) is 2.34. The van der Waals surface area contributed by atoms with Crippen LogP contribution in [0.3, 0.4) is 0 Å². The summed E-state index contributed by atoms with van der Waals surface area (Å²) in [5.41, 5.74) is 2.65. The van der Waals surface area contributed by atoms with Gasteiger partial charge in [0.25, 0.3) is 5.56 Å². The van der Waals surface area contributed by atoms with E-state index in [1.54, 1.807) is 13.2 Å². The van der Waals surface area contributed by atoms with Gasteiger partial charge < -0.3 is 10.1 Å². The zero-order chi connectivity index (χ0) is 17.8. The Hall–Kier alpha value is -2.86. The molecular weight excluding hydrogens is 340 g/mol. The standard InChI is InChI=1S/C18H17ClN4O2/c1-11-14(19)4-3-5-15(11)20-18-21-17(24)16(22-23-18)10-12-6-8-13(25-2)9-7-12/h3-9H,10H2,1-2H3,(H2,20,21,23,24). The monoisotopic (exact) mass is 356 g/mol. The van der Waals surface area contributed by atoms with E-state index in [1.807, 2.05) is 43.3 Å². The molecule has 6 nitrogen and oxygen atoms in total. The molecule has 0 unspecified atom stereocenters. The van der Waals surface area contributed by atoms with Crippen molar-refractivity contribution in [3.63, 3.8) is 0 Å². The summed E-state index contributed by atoms with van der Waals surface area (Å²) in [5.74, 6) is 1.04. The van der Waals surface area contributed by atoms with Gasteiger partial charge in [-0.15, -0.1) is 10.2 Å². The number of hydrogen-bond acceptors (Lipinski definition) is 5. The Bertz CT molecular complexity index is 939. The van der Waals surface area contributed by atoms with Crippen LogP contribution < -0.4 is 15.6 Å². The number of nitrogens with one attached hydrogen (secondary N) is 2. The van der Waals surface area contributed by atoms with Crippen LogP contribution >= 0.6 is 11.6 Å². The van der Waals surface area contributed by atoms with Gasteiger partial charge in [0.1, 0.15) is 11.4 Å². The second-order valence-corrected chi connectivity index (χ2v) is 5.92. The lowest BCUT2D eigenvalue weighted by Gasteiger charge is -2.09. The van der Waals surface area contributed by atoms with Gasteiger partial charge in [0, 0.05) is 17.1 Å². The number of aromatic nitrogens is 3. The second-order valence-electron chi connectivity index (χ2n) is 5.51. The van der Waals surface area contributed by atoms with E-state index < -0.39 is 0 Å². The van der Waals surface area contributed by atoms with Crippen molar-refractivity contribution in [2.24, 2.45) is 0 Å². The summed E-state index contributed by atoms with van der Waals surface area (Å²) >= 11 is 6.09. The number of rotatable bonds is 5. The van der Waals surface area contributed by atoms with E-state index in [1.165, 1.54) is 0 Å². The van der Waals surface area contributed by atoms with Crippen molar-refractivity contribution in [2.45, 2.75) is 13.3 Å². The fraction of sp³-hybridized carbons (Fsp3) is 0.167. The average molecular weight is 357 g/mol. The topological polar surface area (TPSA) is 79.9 Å². The Morgan fingerprint density at radius 3 is 2.60 bits per heavy atom. The summed E-state index contributed by atoms with van der Waals surface area (Å²) in [4.78, 5) is 15.0. The third-order valence-corrected chi connectivity index (χ3v) is 4.23. The molecule has 1 heterocycles. The number of anilines is 2. The molecule has 2 N–H and O–H groups in total. The van der Waals surface area contributed by atoms with E-state index >= 15 is 0 Å². The van der Waals surface area contributed by atoms with Crippen LogP contribution in [0.4, 0.5) is 11.6 Å². The molecule has 3 aromatic rings.